The number of nitrogens with zero attached hydrogens (tertiary/aromatic N) is 1. The Morgan fingerprint density at radius 2 is 1.80 bits per heavy atom. The van der Waals surface area contributed by atoms with Crippen LogP contribution >= 0.6 is 0 Å². The first kappa shape index (κ1) is 16.5. The average Bonchev–Trinajstić information content (AvgIpc) is 2.21. The first-order chi connectivity index (χ1) is 9.08. The van der Waals surface area contributed by atoms with Gasteiger partial charge in [0, 0.05) is 12.6 Å². The second-order valence-electron chi connectivity index (χ2n) is 6.35. The molecule has 6 nitrogen and oxygen atoms in total. The van der Waals surface area contributed by atoms with Crippen LogP contribution in [0.2, 0.25) is 0 Å². The summed E-state index contributed by atoms with van der Waals surface area (Å²) in [6, 6.07) is -0.0714. The molecular formula is C14H23NO5. The first-order valence-electron chi connectivity index (χ1n) is 6.81. The fourth-order valence-electron chi connectivity index (χ4n) is 1.98. The van der Waals surface area contributed by atoms with Gasteiger partial charge in [-0.1, -0.05) is 0 Å². The van der Waals surface area contributed by atoms with Gasteiger partial charge in [0.25, 0.3) is 0 Å². The summed E-state index contributed by atoms with van der Waals surface area (Å²) in [5.41, 5.74) is -0.578. The SMILES string of the molecule is CC(C)N(CC1CC(=O)OC(=O)C1)C(=O)OC(C)(C)C. The van der Waals surface area contributed by atoms with Gasteiger partial charge in [0.15, 0.2) is 0 Å². The molecule has 0 unspecified atom stereocenters. The third-order valence-corrected chi connectivity index (χ3v) is 2.84. The van der Waals surface area contributed by atoms with Crippen molar-refractivity contribution in [2.45, 2.75) is 59.1 Å². The Hall–Kier alpha value is -1.59. The standard InChI is InChI=1S/C14H23NO5/c1-9(2)15(13(18)20-14(3,4)5)8-10-6-11(16)19-12(17)7-10/h9-10H,6-8H2,1-5H3. The Balaban J connectivity index is 2.70. The number of esters is 2. The maximum Gasteiger partial charge on any atom is 0.410 e. The molecule has 114 valence electrons. The summed E-state index contributed by atoms with van der Waals surface area (Å²) in [6.45, 7) is 9.44. The summed E-state index contributed by atoms with van der Waals surface area (Å²) >= 11 is 0. The summed E-state index contributed by atoms with van der Waals surface area (Å²) in [4.78, 5) is 36.2. The normalized spacial score (nSPS) is 17.1. The molecule has 0 N–H and O–H groups in total. The molecule has 1 rings (SSSR count). The minimum atomic E-state index is -0.578. The molecule has 1 heterocycles. The summed E-state index contributed by atoms with van der Waals surface area (Å²) in [6.07, 6.45) is -0.130. The summed E-state index contributed by atoms with van der Waals surface area (Å²) < 4.78 is 9.83. The van der Waals surface area contributed by atoms with Gasteiger partial charge in [0.1, 0.15) is 5.60 Å². The van der Waals surface area contributed by atoms with E-state index in [1.54, 1.807) is 25.7 Å². The highest BCUT2D eigenvalue weighted by molar-refractivity contribution is 5.88. The zero-order valence-corrected chi connectivity index (χ0v) is 12.8. The topological polar surface area (TPSA) is 72.9 Å². The van der Waals surface area contributed by atoms with Crippen LogP contribution in [0.15, 0.2) is 0 Å². The second kappa shape index (κ2) is 6.24. The lowest BCUT2D eigenvalue weighted by atomic mass is 9.98. The number of rotatable bonds is 3. The average molecular weight is 285 g/mol. The smallest absolute Gasteiger partial charge is 0.410 e. The third kappa shape index (κ3) is 5.19. The van der Waals surface area contributed by atoms with Crippen molar-refractivity contribution in [3.63, 3.8) is 0 Å². The van der Waals surface area contributed by atoms with Crippen molar-refractivity contribution in [2.24, 2.45) is 5.92 Å². The van der Waals surface area contributed by atoms with Crippen molar-refractivity contribution >= 4 is 18.0 Å². The highest BCUT2D eigenvalue weighted by atomic mass is 16.6. The molecule has 0 spiro atoms. The van der Waals surface area contributed by atoms with Crippen molar-refractivity contribution in [1.82, 2.24) is 4.90 Å². The van der Waals surface area contributed by atoms with E-state index in [0.29, 0.717) is 6.54 Å². The van der Waals surface area contributed by atoms with Gasteiger partial charge in [0.05, 0.1) is 12.8 Å². The molecule has 1 saturated heterocycles. The molecule has 0 aromatic rings. The first-order valence-corrected chi connectivity index (χ1v) is 6.81. The van der Waals surface area contributed by atoms with Crippen LogP contribution < -0.4 is 0 Å². The van der Waals surface area contributed by atoms with Crippen LogP contribution in [0.4, 0.5) is 4.79 Å². The number of carbonyl (C=O) groups excluding carboxylic acids is 3. The quantitative estimate of drug-likeness (QED) is 0.586. The molecule has 1 amide bonds. The second-order valence-corrected chi connectivity index (χ2v) is 6.35. The molecule has 6 heteroatoms. The Bertz CT molecular complexity index is 381. The highest BCUT2D eigenvalue weighted by Gasteiger charge is 2.32. The predicted octanol–water partition coefficient (Wildman–Crippen LogP) is 2.11. The minimum absolute atomic E-state index is 0.0714. The zero-order chi connectivity index (χ0) is 15.5. The van der Waals surface area contributed by atoms with Gasteiger partial charge in [0.2, 0.25) is 0 Å². The van der Waals surface area contributed by atoms with Crippen LogP contribution in [0.3, 0.4) is 0 Å². The van der Waals surface area contributed by atoms with Crippen LogP contribution in [0, 0.1) is 5.92 Å². The number of cyclic esters (lactones) is 2. The van der Waals surface area contributed by atoms with E-state index in [1.165, 1.54) is 0 Å². The monoisotopic (exact) mass is 285 g/mol. The minimum Gasteiger partial charge on any atom is -0.444 e. The number of hydrogen-bond donors (Lipinski definition) is 0. The van der Waals surface area contributed by atoms with Crippen LogP contribution in [0.1, 0.15) is 47.5 Å². The highest BCUT2D eigenvalue weighted by Crippen LogP contribution is 2.21. The van der Waals surface area contributed by atoms with Gasteiger partial charge in [-0.3, -0.25) is 9.59 Å². The maximum atomic E-state index is 12.1. The summed E-state index contributed by atoms with van der Waals surface area (Å²) in [5.74, 6) is -1.27. The van der Waals surface area contributed by atoms with Crippen molar-refractivity contribution in [3.8, 4) is 0 Å². The van der Waals surface area contributed by atoms with E-state index in [9.17, 15) is 14.4 Å². The summed E-state index contributed by atoms with van der Waals surface area (Å²) in [7, 11) is 0. The van der Waals surface area contributed by atoms with E-state index >= 15 is 0 Å². The zero-order valence-electron chi connectivity index (χ0n) is 12.8. The Morgan fingerprint density at radius 3 is 2.20 bits per heavy atom. The molecule has 0 atom stereocenters. The van der Waals surface area contributed by atoms with Gasteiger partial charge in [-0.05, 0) is 40.5 Å². The van der Waals surface area contributed by atoms with Gasteiger partial charge >= 0.3 is 18.0 Å². The Kier molecular flexibility index (Phi) is 5.14. The van der Waals surface area contributed by atoms with Crippen molar-refractivity contribution < 1.29 is 23.9 Å². The number of amides is 1. The van der Waals surface area contributed by atoms with Gasteiger partial charge < -0.3 is 14.4 Å². The molecule has 0 aliphatic carbocycles. The van der Waals surface area contributed by atoms with E-state index in [0.717, 1.165) is 0 Å². The van der Waals surface area contributed by atoms with Crippen LogP contribution in [-0.2, 0) is 19.1 Å². The van der Waals surface area contributed by atoms with Crippen LogP contribution in [0.25, 0.3) is 0 Å². The number of hydrogen-bond acceptors (Lipinski definition) is 5. The number of ether oxygens (including phenoxy) is 2. The Morgan fingerprint density at radius 1 is 1.30 bits per heavy atom. The fourth-order valence-corrected chi connectivity index (χ4v) is 1.98. The maximum absolute atomic E-state index is 12.1. The lowest BCUT2D eigenvalue weighted by Gasteiger charge is -2.33. The molecule has 0 saturated carbocycles. The molecule has 20 heavy (non-hydrogen) atoms. The molecule has 1 aliphatic heterocycles. The van der Waals surface area contributed by atoms with Gasteiger partial charge in [-0.2, -0.15) is 0 Å². The van der Waals surface area contributed by atoms with Crippen LogP contribution in [-0.4, -0.2) is 41.1 Å². The molecule has 1 fully saturated rings. The van der Waals surface area contributed by atoms with Crippen LogP contribution in [0.5, 0.6) is 0 Å². The molecule has 1 aliphatic rings. The van der Waals surface area contributed by atoms with Gasteiger partial charge in [-0.15, -0.1) is 0 Å². The lowest BCUT2D eigenvalue weighted by molar-refractivity contribution is -0.165. The lowest BCUT2D eigenvalue weighted by Crippen LogP contribution is -2.45. The van der Waals surface area contributed by atoms with E-state index in [4.69, 9.17) is 4.74 Å². The fraction of sp³-hybridized carbons (Fsp3) is 0.786. The molecule has 0 aromatic carbocycles. The van der Waals surface area contributed by atoms with E-state index in [2.05, 4.69) is 4.74 Å². The summed E-state index contributed by atoms with van der Waals surface area (Å²) in [5, 5.41) is 0. The number of carbonyl (C=O) groups is 3. The van der Waals surface area contributed by atoms with E-state index in [1.807, 2.05) is 13.8 Å². The molecule has 0 radical (unpaired) electrons. The largest absolute Gasteiger partial charge is 0.444 e. The van der Waals surface area contributed by atoms with Crippen molar-refractivity contribution in [2.75, 3.05) is 6.54 Å². The molecular weight excluding hydrogens is 262 g/mol. The van der Waals surface area contributed by atoms with Gasteiger partial charge in [-0.25, -0.2) is 4.79 Å². The Labute approximate surface area is 119 Å². The van der Waals surface area contributed by atoms with Crippen molar-refractivity contribution in [1.29, 1.82) is 0 Å². The van der Waals surface area contributed by atoms with E-state index in [-0.39, 0.29) is 24.8 Å². The molecule has 0 aromatic heterocycles. The third-order valence-electron chi connectivity index (χ3n) is 2.84. The molecule has 0 bridgehead atoms. The van der Waals surface area contributed by atoms with Crippen molar-refractivity contribution in [3.05, 3.63) is 0 Å². The van der Waals surface area contributed by atoms with E-state index < -0.39 is 23.6 Å². The predicted molar refractivity (Wildman–Crippen MR) is 71.9 cm³/mol.